The highest BCUT2D eigenvalue weighted by Gasteiger charge is 2.16. The molecule has 1 aromatic rings. The van der Waals surface area contributed by atoms with E-state index in [-0.39, 0.29) is 10.6 Å². The van der Waals surface area contributed by atoms with Gasteiger partial charge in [0.1, 0.15) is 6.61 Å². The Bertz CT molecular complexity index is 510. The number of hydrogen-bond donors (Lipinski definition) is 1. The Balaban J connectivity index is 2.81. The molecule has 0 unspecified atom stereocenters. The molecule has 22 heavy (non-hydrogen) atoms. The smallest absolute Gasteiger partial charge is 0.250 e. The fraction of sp³-hybridized carbons (Fsp3) is 0.562. The number of methoxy groups -OCH3 is 1. The number of nitrogens with two attached hydrogens (primary N) is 1. The van der Waals surface area contributed by atoms with Crippen LogP contribution in [0.1, 0.15) is 38.1 Å². The lowest BCUT2D eigenvalue weighted by Gasteiger charge is -2.30. The van der Waals surface area contributed by atoms with Crippen LogP contribution in [0.25, 0.3) is 0 Å². The molecule has 6 heteroatoms. The summed E-state index contributed by atoms with van der Waals surface area (Å²) in [4.78, 5) is 13.6. The first-order valence-electron chi connectivity index (χ1n) is 7.33. The summed E-state index contributed by atoms with van der Waals surface area (Å²) in [6.07, 6.45) is 0. The van der Waals surface area contributed by atoms with Crippen molar-refractivity contribution in [3.8, 4) is 11.5 Å². The van der Waals surface area contributed by atoms with Crippen LogP contribution in [-0.4, -0.2) is 43.2 Å². The van der Waals surface area contributed by atoms with Crippen molar-refractivity contribution in [1.29, 1.82) is 0 Å². The zero-order valence-corrected chi connectivity index (χ0v) is 14.6. The second-order valence-corrected chi connectivity index (χ2v) is 6.03. The van der Waals surface area contributed by atoms with E-state index in [2.05, 4.69) is 32.6 Å². The van der Waals surface area contributed by atoms with Crippen molar-refractivity contribution in [1.82, 2.24) is 4.90 Å². The van der Waals surface area contributed by atoms with Crippen LogP contribution >= 0.6 is 11.6 Å². The first-order chi connectivity index (χ1) is 10.3. The first kappa shape index (κ1) is 18.6. The molecule has 124 valence electrons. The molecule has 1 aromatic carbocycles. The van der Waals surface area contributed by atoms with Gasteiger partial charge in [0.15, 0.2) is 11.5 Å². The van der Waals surface area contributed by atoms with Crippen molar-refractivity contribution in [2.75, 3.05) is 20.3 Å². The zero-order chi connectivity index (χ0) is 16.9. The van der Waals surface area contributed by atoms with Crippen molar-refractivity contribution < 1.29 is 14.3 Å². The van der Waals surface area contributed by atoms with Gasteiger partial charge in [-0.2, -0.15) is 0 Å². The molecule has 0 fully saturated rings. The number of nitrogens with zero attached hydrogens (tertiary/aromatic N) is 1. The molecule has 1 amide bonds. The Morgan fingerprint density at radius 1 is 1.23 bits per heavy atom. The third-order valence-corrected chi connectivity index (χ3v) is 3.77. The van der Waals surface area contributed by atoms with Crippen molar-refractivity contribution in [3.63, 3.8) is 0 Å². The average Bonchev–Trinajstić information content (AvgIpc) is 2.42. The molecule has 0 saturated carbocycles. The molecule has 0 aliphatic rings. The lowest BCUT2D eigenvalue weighted by Crippen LogP contribution is -2.39. The van der Waals surface area contributed by atoms with Gasteiger partial charge in [-0.3, -0.25) is 9.69 Å². The summed E-state index contributed by atoms with van der Waals surface area (Å²) in [5, 5.41) is 0.257. The zero-order valence-electron chi connectivity index (χ0n) is 13.9. The van der Waals surface area contributed by atoms with Gasteiger partial charge in [0.05, 0.1) is 17.7 Å². The highest BCUT2D eigenvalue weighted by atomic mass is 35.5. The summed E-state index contributed by atoms with van der Waals surface area (Å²) in [5.41, 5.74) is 5.49. The molecule has 2 N–H and O–H groups in total. The Morgan fingerprint density at radius 3 is 2.27 bits per heavy atom. The van der Waals surface area contributed by atoms with E-state index < -0.39 is 5.91 Å². The third kappa shape index (κ3) is 4.78. The van der Waals surface area contributed by atoms with Gasteiger partial charge in [0.25, 0.3) is 0 Å². The standard InChI is InChI=1S/C16H25ClN2O3/c1-10(2)19(11(3)4)6-7-22-15-9-13(17)12(16(18)20)8-14(15)21-5/h8-11H,6-7H2,1-5H3,(H2,18,20). The fourth-order valence-corrected chi connectivity index (χ4v) is 2.62. The number of carbonyl (C=O) groups excluding carboxylic acids is 1. The van der Waals surface area contributed by atoms with Crippen molar-refractivity contribution in [2.45, 2.75) is 39.8 Å². The van der Waals surface area contributed by atoms with Gasteiger partial charge in [-0.1, -0.05) is 11.6 Å². The summed E-state index contributed by atoms with van der Waals surface area (Å²) in [5.74, 6) is 0.351. The van der Waals surface area contributed by atoms with Gasteiger partial charge >= 0.3 is 0 Å². The topological polar surface area (TPSA) is 64.8 Å². The van der Waals surface area contributed by atoms with Gasteiger partial charge in [-0.15, -0.1) is 0 Å². The predicted molar refractivity (Wildman–Crippen MR) is 89.0 cm³/mol. The summed E-state index contributed by atoms with van der Waals surface area (Å²) < 4.78 is 11.0. The van der Waals surface area contributed by atoms with E-state index in [1.807, 2.05) is 0 Å². The van der Waals surface area contributed by atoms with Crippen LogP contribution in [0.5, 0.6) is 11.5 Å². The second kappa shape index (κ2) is 8.25. The number of carbonyl (C=O) groups is 1. The molecule has 0 saturated heterocycles. The second-order valence-electron chi connectivity index (χ2n) is 5.62. The van der Waals surface area contributed by atoms with E-state index in [1.54, 1.807) is 6.07 Å². The summed E-state index contributed by atoms with van der Waals surface area (Å²) in [7, 11) is 1.51. The van der Waals surface area contributed by atoms with Crippen molar-refractivity contribution >= 4 is 17.5 Å². The number of rotatable bonds is 8. The largest absolute Gasteiger partial charge is 0.493 e. The van der Waals surface area contributed by atoms with Crippen LogP contribution in [0.4, 0.5) is 0 Å². The average molecular weight is 329 g/mol. The van der Waals surface area contributed by atoms with Gasteiger partial charge in [-0.25, -0.2) is 0 Å². The van der Waals surface area contributed by atoms with Gasteiger partial charge in [0, 0.05) is 24.7 Å². The Morgan fingerprint density at radius 2 is 1.82 bits per heavy atom. The minimum atomic E-state index is -0.597. The number of ether oxygens (including phenoxy) is 2. The Labute approximate surface area is 137 Å². The van der Waals surface area contributed by atoms with E-state index in [1.165, 1.54) is 13.2 Å². The number of halogens is 1. The maximum Gasteiger partial charge on any atom is 0.250 e. The molecule has 0 aromatic heterocycles. The third-order valence-electron chi connectivity index (χ3n) is 3.45. The van der Waals surface area contributed by atoms with E-state index in [4.69, 9.17) is 26.8 Å². The van der Waals surface area contributed by atoms with Crippen LogP contribution in [0.2, 0.25) is 5.02 Å². The molecule has 0 spiro atoms. The van der Waals surface area contributed by atoms with Crippen LogP contribution in [-0.2, 0) is 0 Å². The highest BCUT2D eigenvalue weighted by molar-refractivity contribution is 6.34. The van der Waals surface area contributed by atoms with Gasteiger partial charge in [-0.05, 0) is 33.8 Å². The summed E-state index contributed by atoms with van der Waals surface area (Å²) >= 11 is 6.05. The van der Waals surface area contributed by atoms with Gasteiger partial charge in [0.2, 0.25) is 5.91 Å². The van der Waals surface area contributed by atoms with Crippen LogP contribution in [0.3, 0.4) is 0 Å². The summed E-state index contributed by atoms with van der Waals surface area (Å²) in [6.45, 7) is 9.89. The van der Waals surface area contributed by atoms with E-state index >= 15 is 0 Å². The monoisotopic (exact) mass is 328 g/mol. The minimum Gasteiger partial charge on any atom is -0.493 e. The molecule has 0 heterocycles. The number of primary amides is 1. The normalized spacial score (nSPS) is 11.3. The van der Waals surface area contributed by atoms with Crippen LogP contribution in [0.15, 0.2) is 12.1 Å². The molecule has 0 atom stereocenters. The van der Waals surface area contributed by atoms with E-state index in [9.17, 15) is 4.79 Å². The maximum atomic E-state index is 11.3. The van der Waals surface area contributed by atoms with E-state index in [0.717, 1.165) is 6.54 Å². The Hall–Kier alpha value is -1.46. The quantitative estimate of drug-likeness (QED) is 0.796. The van der Waals surface area contributed by atoms with Crippen LogP contribution < -0.4 is 15.2 Å². The Kier molecular flexibility index (Phi) is 6.97. The lowest BCUT2D eigenvalue weighted by atomic mass is 10.2. The highest BCUT2D eigenvalue weighted by Crippen LogP contribution is 2.33. The molecule has 5 nitrogen and oxygen atoms in total. The van der Waals surface area contributed by atoms with E-state index in [0.29, 0.717) is 30.2 Å². The number of hydrogen-bond acceptors (Lipinski definition) is 4. The first-order valence-corrected chi connectivity index (χ1v) is 7.71. The molecule has 1 rings (SSSR count). The molecule has 0 bridgehead atoms. The fourth-order valence-electron chi connectivity index (χ4n) is 2.37. The predicted octanol–water partition coefficient (Wildman–Crippen LogP) is 2.95. The number of benzene rings is 1. The van der Waals surface area contributed by atoms with Crippen molar-refractivity contribution in [2.24, 2.45) is 5.73 Å². The van der Waals surface area contributed by atoms with Crippen LogP contribution in [0, 0.1) is 0 Å². The minimum absolute atomic E-state index is 0.219. The molecule has 0 aliphatic heterocycles. The maximum absolute atomic E-state index is 11.3. The van der Waals surface area contributed by atoms with Crippen molar-refractivity contribution in [3.05, 3.63) is 22.7 Å². The molecular formula is C16H25ClN2O3. The molecular weight excluding hydrogens is 304 g/mol. The SMILES string of the molecule is COc1cc(C(N)=O)c(Cl)cc1OCCN(C(C)C)C(C)C. The summed E-state index contributed by atoms with van der Waals surface area (Å²) in [6, 6.07) is 3.94. The molecule has 0 radical (unpaired) electrons. The lowest BCUT2D eigenvalue weighted by molar-refractivity contribution is 0.1000. The molecule has 0 aliphatic carbocycles. The van der Waals surface area contributed by atoms with Gasteiger partial charge < -0.3 is 15.2 Å². The number of amides is 1.